The average molecular weight is 230 g/mol. The minimum absolute atomic E-state index is 0.00727. The Hall–Kier alpha value is -0.260. The number of carbonyl (C=O) groups is 1. The summed E-state index contributed by atoms with van der Waals surface area (Å²) in [6.07, 6.45) is 1.06. The molecule has 0 aromatic carbocycles. The first-order valence-electron chi connectivity index (χ1n) is 5.41. The number of hydrogen-bond donors (Lipinski definition) is 2. The van der Waals surface area contributed by atoms with Crippen molar-refractivity contribution in [1.29, 1.82) is 0 Å². The van der Waals surface area contributed by atoms with Crippen LogP contribution in [0.5, 0.6) is 0 Å². The highest BCUT2D eigenvalue weighted by atomic mass is 32.2. The maximum absolute atomic E-state index is 10.9. The van der Waals surface area contributed by atoms with Gasteiger partial charge in [-0.25, -0.2) is 0 Å². The summed E-state index contributed by atoms with van der Waals surface area (Å²) in [7, 11) is 0. The summed E-state index contributed by atoms with van der Waals surface area (Å²) in [4.78, 5) is 13.3. The van der Waals surface area contributed by atoms with Crippen LogP contribution in [0.1, 0.15) is 20.3 Å². The molecule has 2 heterocycles. The van der Waals surface area contributed by atoms with Gasteiger partial charge < -0.3 is 5.11 Å². The maximum atomic E-state index is 10.9. The van der Waals surface area contributed by atoms with Crippen LogP contribution in [0.4, 0.5) is 0 Å². The van der Waals surface area contributed by atoms with E-state index in [-0.39, 0.29) is 10.9 Å². The van der Waals surface area contributed by atoms with Crippen molar-refractivity contribution in [2.24, 2.45) is 0 Å². The summed E-state index contributed by atoms with van der Waals surface area (Å²) >= 11 is 1.78. The normalized spacial score (nSPS) is 36.9. The first kappa shape index (κ1) is 11.2. The van der Waals surface area contributed by atoms with E-state index in [1.54, 1.807) is 11.8 Å². The molecule has 86 valence electrons. The second-order valence-corrected chi connectivity index (χ2v) is 6.06. The Kier molecular flexibility index (Phi) is 2.96. The molecule has 0 bridgehead atoms. The fourth-order valence-electron chi connectivity index (χ4n) is 2.26. The Bertz CT molecular complexity index is 272. The van der Waals surface area contributed by atoms with Gasteiger partial charge >= 0.3 is 5.97 Å². The predicted octanol–water partition coefficient (Wildman–Crippen LogP) is 0.586. The Morgan fingerprint density at radius 1 is 1.67 bits per heavy atom. The molecule has 2 atom stereocenters. The van der Waals surface area contributed by atoms with Crippen LogP contribution in [0.25, 0.3) is 0 Å². The molecule has 1 spiro atoms. The van der Waals surface area contributed by atoms with Gasteiger partial charge in [-0.3, -0.25) is 15.0 Å². The molecule has 0 aromatic heterocycles. The van der Waals surface area contributed by atoms with Gasteiger partial charge in [0.15, 0.2) is 0 Å². The number of nitrogens with one attached hydrogen (secondary N) is 1. The molecular formula is C10H18N2O2S. The van der Waals surface area contributed by atoms with E-state index in [2.05, 4.69) is 24.1 Å². The molecule has 2 aliphatic rings. The number of hydrogen-bond acceptors (Lipinski definition) is 4. The molecule has 0 amide bonds. The van der Waals surface area contributed by atoms with E-state index in [0.717, 1.165) is 19.5 Å². The number of aliphatic carboxylic acids is 1. The lowest BCUT2D eigenvalue weighted by atomic mass is 10.2. The lowest BCUT2D eigenvalue weighted by Gasteiger charge is -2.26. The van der Waals surface area contributed by atoms with Gasteiger partial charge in [0.2, 0.25) is 0 Å². The van der Waals surface area contributed by atoms with Crippen molar-refractivity contribution in [1.82, 2.24) is 10.2 Å². The van der Waals surface area contributed by atoms with E-state index < -0.39 is 5.97 Å². The van der Waals surface area contributed by atoms with Crippen LogP contribution in [-0.2, 0) is 4.79 Å². The number of carboxylic acids is 1. The molecule has 2 fully saturated rings. The minimum Gasteiger partial charge on any atom is -0.480 e. The van der Waals surface area contributed by atoms with E-state index >= 15 is 0 Å². The SMILES string of the molecule is CC(C)N1CCC2(C1)NC(C(=O)O)CS2. The molecule has 5 heteroatoms. The third-order valence-corrected chi connectivity index (χ3v) is 4.76. The standard InChI is InChI=1S/C10H18N2O2S/c1-7(2)12-4-3-10(6-12)11-8(5-15-10)9(13)14/h7-8,11H,3-6H2,1-2H3,(H,13,14). The Morgan fingerprint density at radius 2 is 2.40 bits per heavy atom. The first-order chi connectivity index (χ1) is 7.02. The third kappa shape index (κ3) is 2.14. The van der Waals surface area contributed by atoms with Gasteiger partial charge in [0.05, 0.1) is 4.87 Å². The predicted molar refractivity (Wildman–Crippen MR) is 61.1 cm³/mol. The van der Waals surface area contributed by atoms with Crippen molar-refractivity contribution in [3.8, 4) is 0 Å². The van der Waals surface area contributed by atoms with Crippen molar-refractivity contribution in [2.45, 2.75) is 37.2 Å². The summed E-state index contributed by atoms with van der Waals surface area (Å²) in [5.41, 5.74) is 0. The van der Waals surface area contributed by atoms with Crippen LogP contribution < -0.4 is 5.32 Å². The second-order valence-electron chi connectivity index (χ2n) is 4.65. The summed E-state index contributed by atoms with van der Waals surface area (Å²) in [5, 5.41) is 12.2. The summed E-state index contributed by atoms with van der Waals surface area (Å²) in [6.45, 7) is 6.42. The lowest BCUT2D eigenvalue weighted by Crippen LogP contribution is -2.47. The van der Waals surface area contributed by atoms with Crippen molar-refractivity contribution in [3.63, 3.8) is 0 Å². The Balaban J connectivity index is 1.98. The molecular weight excluding hydrogens is 212 g/mol. The van der Waals surface area contributed by atoms with E-state index in [1.165, 1.54) is 0 Å². The number of likely N-dealkylation sites (tertiary alicyclic amines) is 1. The minimum atomic E-state index is -0.720. The zero-order valence-electron chi connectivity index (χ0n) is 9.19. The number of thioether (sulfide) groups is 1. The van der Waals surface area contributed by atoms with Crippen molar-refractivity contribution in [2.75, 3.05) is 18.8 Å². The van der Waals surface area contributed by atoms with Gasteiger partial charge in [-0.05, 0) is 20.3 Å². The molecule has 0 radical (unpaired) electrons. The van der Waals surface area contributed by atoms with E-state index in [9.17, 15) is 4.79 Å². The van der Waals surface area contributed by atoms with Crippen molar-refractivity contribution >= 4 is 17.7 Å². The van der Waals surface area contributed by atoms with Gasteiger partial charge in [-0.15, -0.1) is 11.8 Å². The van der Waals surface area contributed by atoms with Crippen molar-refractivity contribution in [3.05, 3.63) is 0 Å². The molecule has 2 unspecified atom stereocenters. The van der Waals surface area contributed by atoms with Crippen LogP contribution in [0.15, 0.2) is 0 Å². The second kappa shape index (κ2) is 3.96. The summed E-state index contributed by atoms with van der Waals surface area (Å²) in [5.74, 6) is -0.0243. The zero-order valence-corrected chi connectivity index (χ0v) is 10.0. The lowest BCUT2D eigenvalue weighted by molar-refractivity contribution is -0.138. The number of carboxylic acid groups (broad SMARTS) is 1. The maximum Gasteiger partial charge on any atom is 0.321 e. The molecule has 0 aliphatic carbocycles. The molecule has 2 N–H and O–H groups in total. The fourth-order valence-corrected chi connectivity index (χ4v) is 3.69. The largest absolute Gasteiger partial charge is 0.480 e. The van der Waals surface area contributed by atoms with Crippen LogP contribution in [0.3, 0.4) is 0 Å². The summed E-state index contributed by atoms with van der Waals surface area (Å²) < 4.78 is 0. The fraction of sp³-hybridized carbons (Fsp3) is 0.900. The highest BCUT2D eigenvalue weighted by molar-refractivity contribution is 8.01. The Morgan fingerprint density at radius 3 is 2.87 bits per heavy atom. The van der Waals surface area contributed by atoms with E-state index in [0.29, 0.717) is 11.8 Å². The smallest absolute Gasteiger partial charge is 0.321 e. The molecule has 4 nitrogen and oxygen atoms in total. The third-order valence-electron chi connectivity index (χ3n) is 3.25. The highest BCUT2D eigenvalue weighted by Gasteiger charge is 2.46. The van der Waals surface area contributed by atoms with E-state index in [4.69, 9.17) is 5.11 Å². The van der Waals surface area contributed by atoms with Crippen LogP contribution in [-0.4, -0.2) is 51.8 Å². The van der Waals surface area contributed by atoms with Gasteiger partial charge in [-0.2, -0.15) is 0 Å². The average Bonchev–Trinajstić information content (AvgIpc) is 2.74. The van der Waals surface area contributed by atoms with Gasteiger partial charge in [-0.1, -0.05) is 0 Å². The van der Waals surface area contributed by atoms with Crippen molar-refractivity contribution < 1.29 is 9.90 Å². The highest BCUT2D eigenvalue weighted by Crippen LogP contribution is 2.38. The summed E-state index contributed by atoms with van der Waals surface area (Å²) in [6, 6.07) is 0.192. The first-order valence-corrected chi connectivity index (χ1v) is 6.39. The Labute approximate surface area is 94.4 Å². The monoisotopic (exact) mass is 230 g/mol. The zero-order chi connectivity index (χ0) is 11.1. The van der Waals surface area contributed by atoms with Crippen LogP contribution in [0.2, 0.25) is 0 Å². The molecule has 2 rings (SSSR count). The topological polar surface area (TPSA) is 52.6 Å². The van der Waals surface area contributed by atoms with Gasteiger partial charge in [0.1, 0.15) is 6.04 Å². The van der Waals surface area contributed by atoms with Crippen LogP contribution >= 0.6 is 11.8 Å². The molecule has 2 saturated heterocycles. The molecule has 15 heavy (non-hydrogen) atoms. The van der Waals surface area contributed by atoms with Gasteiger partial charge in [0.25, 0.3) is 0 Å². The molecule has 2 aliphatic heterocycles. The molecule has 0 saturated carbocycles. The molecule has 0 aromatic rings. The van der Waals surface area contributed by atoms with E-state index in [1.807, 2.05) is 0 Å². The quantitative estimate of drug-likeness (QED) is 0.727. The van der Waals surface area contributed by atoms with Crippen LogP contribution in [0, 0.1) is 0 Å². The van der Waals surface area contributed by atoms with Gasteiger partial charge in [0, 0.05) is 24.9 Å². The number of rotatable bonds is 2. The number of nitrogens with zero attached hydrogens (tertiary/aromatic N) is 1.